The van der Waals surface area contributed by atoms with Crippen LogP contribution in [0.1, 0.15) is 171 Å². The van der Waals surface area contributed by atoms with Gasteiger partial charge in [0.1, 0.15) is 5.84 Å². The zero-order chi connectivity index (χ0) is 38.0. The maximum atomic E-state index is 5.49. The molecule has 13 rings (SSSR count). The van der Waals surface area contributed by atoms with Crippen LogP contribution in [0.15, 0.2) is 88.1 Å². The number of hydrogen-bond acceptors (Lipinski definition) is 2. The molecule has 11 atom stereocenters. The molecular weight excluding hydrogens is 701 g/mol. The van der Waals surface area contributed by atoms with Crippen LogP contribution in [0.3, 0.4) is 0 Å². The molecule has 2 nitrogen and oxygen atoms in total. The number of fused-ring (bicyclic) bond motifs is 15. The second-order valence-electron chi connectivity index (χ2n) is 21.6. The Labute approximate surface area is 349 Å². The largest absolute Gasteiger partial charge is 0.325 e. The molecule has 1 heterocycles. The highest BCUT2D eigenvalue weighted by Crippen LogP contribution is 2.73. The lowest BCUT2D eigenvalue weighted by atomic mass is 9.51. The van der Waals surface area contributed by atoms with Crippen molar-refractivity contribution in [3.05, 3.63) is 99.8 Å². The molecule has 11 aliphatic rings. The lowest BCUT2D eigenvalue weighted by Crippen LogP contribution is -2.45. The third-order valence-corrected chi connectivity index (χ3v) is 19.4. The third kappa shape index (κ3) is 5.11. The average Bonchev–Trinajstić information content (AvgIpc) is 3.93. The standard InChI is InChI=1S/C56H68N2/c1-2-14-38(15-3-1)58-54-25-13-12-24-53(54)57-55(58)36-28-26-35(27-29-36)37-30-31-51-47(32-37)43-20-8-10-22-49(43)56(51)50-23-11-9-21-44(50)48-33-45-41-18-6-4-16-39(41)40-17-5-7-19-42(40)46(45)34-52(48)56/h6,14,18,26-32,39-42,44,48,50,52-54H,1-5,7-13,15-17,19-25,33-34H2. The lowest BCUT2D eigenvalue weighted by Gasteiger charge is -2.53. The second kappa shape index (κ2) is 14.0. The fourth-order valence-corrected chi connectivity index (χ4v) is 17.4. The topological polar surface area (TPSA) is 15.6 Å². The van der Waals surface area contributed by atoms with Gasteiger partial charge in [-0.2, -0.15) is 0 Å². The van der Waals surface area contributed by atoms with Crippen LogP contribution in [0.4, 0.5) is 0 Å². The van der Waals surface area contributed by atoms with E-state index in [1.165, 1.54) is 177 Å². The number of amidine groups is 1. The van der Waals surface area contributed by atoms with Gasteiger partial charge >= 0.3 is 0 Å². The first-order chi connectivity index (χ1) is 28.8. The van der Waals surface area contributed by atoms with Gasteiger partial charge in [-0.1, -0.05) is 110 Å². The van der Waals surface area contributed by atoms with E-state index in [4.69, 9.17) is 4.99 Å². The van der Waals surface area contributed by atoms with E-state index < -0.39 is 0 Å². The zero-order valence-corrected chi connectivity index (χ0v) is 35.4. The predicted octanol–water partition coefficient (Wildman–Crippen LogP) is 14.3. The molecule has 0 N–H and O–H groups in total. The summed E-state index contributed by atoms with van der Waals surface area (Å²) >= 11 is 0. The smallest absolute Gasteiger partial charge is 0.135 e. The number of hydrogen-bond donors (Lipinski definition) is 0. The van der Waals surface area contributed by atoms with Crippen molar-refractivity contribution in [2.24, 2.45) is 52.3 Å². The van der Waals surface area contributed by atoms with Gasteiger partial charge in [-0.25, -0.2) is 0 Å². The molecule has 0 bridgehead atoms. The number of rotatable bonds is 3. The van der Waals surface area contributed by atoms with E-state index in [9.17, 15) is 0 Å². The van der Waals surface area contributed by atoms with Gasteiger partial charge in [0.25, 0.3) is 0 Å². The summed E-state index contributed by atoms with van der Waals surface area (Å²) in [4.78, 5) is 8.21. The summed E-state index contributed by atoms with van der Waals surface area (Å²) in [5, 5.41) is 0. The number of benzene rings is 2. The molecule has 1 spiro atoms. The lowest BCUT2D eigenvalue weighted by molar-refractivity contribution is 0.103. The zero-order valence-electron chi connectivity index (χ0n) is 35.4. The van der Waals surface area contributed by atoms with Crippen molar-refractivity contribution in [2.45, 2.75) is 172 Å². The van der Waals surface area contributed by atoms with Crippen LogP contribution in [0, 0.1) is 47.3 Å². The molecule has 2 aromatic rings. The molecule has 0 radical (unpaired) electrons. The maximum Gasteiger partial charge on any atom is 0.135 e. The van der Waals surface area contributed by atoms with Gasteiger partial charge in [-0.05, 0) is 191 Å². The molecule has 4 saturated carbocycles. The molecule has 58 heavy (non-hydrogen) atoms. The Hall–Kier alpha value is -3.13. The van der Waals surface area contributed by atoms with Gasteiger partial charge in [0, 0.05) is 22.6 Å². The molecular formula is C56H68N2. The average molecular weight is 769 g/mol. The van der Waals surface area contributed by atoms with E-state index in [1.54, 1.807) is 16.8 Å². The van der Waals surface area contributed by atoms with E-state index in [1.807, 2.05) is 22.3 Å². The summed E-state index contributed by atoms with van der Waals surface area (Å²) < 4.78 is 0. The van der Waals surface area contributed by atoms with Crippen molar-refractivity contribution in [3.8, 4) is 11.1 Å². The second-order valence-corrected chi connectivity index (χ2v) is 21.6. The van der Waals surface area contributed by atoms with Crippen molar-refractivity contribution >= 4 is 11.4 Å². The first kappa shape index (κ1) is 35.6. The highest BCUT2D eigenvalue weighted by atomic mass is 15.3. The van der Waals surface area contributed by atoms with Gasteiger partial charge in [-0.15, -0.1) is 0 Å². The highest BCUT2D eigenvalue weighted by molar-refractivity contribution is 6.02. The van der Waals surface area contributed by atoms with Crippen LogP contribution in [-0.4, -0.2) is 22.8 Å². The van der Waals surface area contributed by atoms with Gasteiger partial charge in [0.05, 0.1) is 12.1 Å². The molecule has 4 fully saturated rings. The molecule has 0 amide bonds. The normalized spacial score (nSPS) is 39.8. The Kier molecular flexibility index (Phi) is 8.57. The van der Waals surface area contributed by atoms with Crippen molar-refractivity contribution in [1.29, 1.82) is 0 Å². The summed E-state index contributed by atoms with van der Waals surface area (Å²) in [5.74, 6) is 8.32. The minimum atomic E-state index is 0.292. The van der Waals surface area contributed by atoms with Crippen molar-refractivity contribution in [2.75, 3.05) is 0 Å². The number of nitrogens with zero attached hydrogens (tertiary/aromatic N) is 2. The quantitative estimate of drug-likeness (QED) is 0.284. The SMILES string of the molecule is C1=CC2C3=C(CC4C(C3)C3CCCCC3C43C4=C(CCCC4)c4cc(-c5ccc(C6=NC7CCCCC7N6C6=CCCCC6)cc5)ccc43)C3CCCCC3C2CC1. The summed E-state index contributed by atoms with van der Waals surface area (Å²) in [6, 6.07) is 18.8. The van der Waals surface area contributed by atoms with Crippen molar-refractivity contribution in [3.63, 3.8) is 0 Å². The van der Waals surface area contributed by atoms with Crippen LogP contribution in [-0.2, 0) is 5.41 Å². The highest BCUT2D eigenvalue weighted by Gasteiger charge is 2.66. The minimum Gasteiger partial charge on any atom is -0.325 e. The van der Waals surface area contributed by atoms with Gasteiger partial charge in [0.2, 0.25) is 0 Å². The summed E-state index contributed by atoms with van der Waals surface area (Å²) in [6.45, 7) is 0. The fraction of sp³-hybridized carbons (Fsp3) is 0.625. The molecule has 1 aliphatic heterocycles. The Bertz CT molecular complexity index is 2140. The van der Waals surface area contributed by atoms with Crippen LogP contribution in [0.25, 0.3) is 16.7 Å². The molecule has 11 unspecified atom stereocenters. The Morgan fingerprint density at radius 3 is 2.29 bits per heavy atom. The van der Waals surface area contributed by atoms with E-state index in [0.717, 1.165) is 47.3 Å². The van der Waals surface area contributed by atoms with E-state index >= 15 is 0 Å². The summed E-state index contributed by atoms with van der Waals surface area (Å²) in [5.41, 5.74) is 17.3. The molecule has 302 valence electrons. The van der Waals surface area contributed by atoms with Crippen molar-refractivity contribution < 1.29 is 0 Å². The first-order valence-corrected chi connectivity index (χ1v) is 25.2. The third-order valence-electron chi connectivity index (χ3n) is 19.4. The van der Waals surface area contributed by atoms with Crippen LogP contribution in [0.5, 0.6) is 0 Å². The molecule has 10 aliphatic carbocycles. The van der Waals surface area contributed by atoms with Crippen molar-refractivity contribution in [1.82, 2.24) is 4.90 Å². The number of allylic oxidation sites excluding steroid dienone is 8. The molecule has 0 saturated heterocycles. The Morgan fingerprint density at radius 2 is 1.38 bits per heavy atom. The van der Waals surface area contributed by atoms with Crippen LogP contribution >= 0.6 is 0 Å². The maximum absolute atomic E-state index is 5.49. The van der Waals surface area contributed by atoms with E-state index in [2.05, 4.69) is 65.6 Å². The Balaban J connectivity index is 0.885. The first-order valence-electron chi connectivity index (χ1n) is 25.2. The van der Waals surface area contributed by atoms with Gasteiger partial charge in [0.15, 0.2) is 0 Å². The fourth-order valence-electron chi connectivity index (χ4n) is 17.4. The van der Waals surface area contributed by atoms with E-state index in [0.29, 0.717) is 17.5 Å². The van der Waals surface area contributed by atoms with Gasteiger partial charge < -0.3 is 4.90 Å². The van der Waals surface area contributed by atoms with Gasteiger partial charge in [-0.3, -0.25) is 4.99 Å². The predicted molar refractivity (Wildman–Crippen MR) is 239 cm³/mol. The molecule has 0 aromatic heterocycles. The number of aliphatic imine (C=N–C) groups is 1. The summed E-state index contributed by atoms with van der Waals surface area (Å²) in [6.07, 6.45) is 41.2. The molecule has 2 aromatic carbocycles. The summed E-state index contributed by atoms with van der Waals surface area (Å²) in [7, 11) is 0. The molecule has 2 heteroatoms. The van der Waals surface area contributed by atoms with E-state index in [-0.39, 0.29) is 0 Å². The minimum absolute atomic E-state index is 0.292. The Morgan fingerprint density at radius 1 is 0.586 bits per heavy atom. The van der Waals surface area contributed by atoms with Crippen LogP contribution in [0.2, 0.25) is 0 Å². The monoisotopic (exact) mass is 769 g/mol. The van der Waals surface area contributed by atoms with Crippen LogP contribution < -0.4 is 0 Å².